The van der Waals surface area contributed by atoms with Crippen molar-refractivity contribution in [3.05, 3.63) is 22.7 Å². The molecule has 0 radical (unpaired) electrons. The molecule has 1 heterocycles. The molecule has 0 saturated carbocycles. The minimum absolute atomic E-state index is 0.946. The standard InChI is InChI=1S/C10H18NP/c1-4-9-5-10(12-3)7-11-6-8(9)2/h7,11-12H,4-6H2,1-3H3. The van der Waals surface area contributed by atoms with Crippen LogP contribution in [0, 0.1) is 0 Å². The van der Waals surface area contributed by atoms with Crippen LogP contribution in [-0.4, -0.2) is 13.2 Å². The second kappa shape index (κ2) is 4.67. The largest absolute Gasteiger partial charge is 0.387 e. The van der Waals surface area contributed by atoms with E-state index in [-0.39, 0.29) is 0 Å². The van der Waals surface area contributed by atoms with Gasteiger partial charge in [-0.05, 0) is 31.7 Å². The van der Waals surface area contributed by atoms with Crippen molar-refractivity contribution in [2.75, 3.05) is 13.2 Å². The van der Waals surface area contributed by atoms with E-state index < -0.39 is 0 Å². The number of rotatable bonds is 2. The minimum atomic E-state index is 0.946. The van der Waals surface area contributed by atoms with Crippen LogP contribution in [0.3, 0.4) is 0 Å². The van der Waals surface area contributed by atoms with Crippen LogP contribution in [0.1, 0.15) is 26.7 Å². The monoisotopic (exact) mass is 183 g/mol. The van der Waals surface area contributed by atoms with Crippen molar-refractivity contribution in [3.63, 3.8) is 0 Å². The van der Waals surface area contributed by atoms with Crippen molar-refractivity contribution in [2.24, 2.45) is 0 Å². The predicted octanol–water partition coefficient (Wildman–Crippen LogP) is 2.86. The van der Waals surface area contributed by atoms with Crippen molar-refractivity contribution in [3.8, 4) is 0 Å². The maximum atomic E-state index is 3.35. The van der Waals surface area contributed by atoms with Crippen LogP contribution in [0.15, 0.2) is 22.7 Å². The summed E-state index contributed by atoms with van der Waals surface area (Å²) in [4.78, 5) is 0. The summed E-state index contributed by atoms with van der Waals surface area (Å²) < 4.78 is 0. The normalized spacial score (nSPS) is 19.4. The Labute approximate surface area is 77.1 Å². The molecule has 1 unspecified atom stereocenters. The van der Waals surface area contributed by atoms with Gasteiger partial charge in [0.05, 0.1) is 0 Å². The highest BCUT2D eigenvalue weighted by Crippen LogP contribution is 2.29. The summed E-state index contributed by atoms with van der Waals surface area (Å²) in [5.41, 5.74) is 3.16. The average Bonchev–Trinajstić information content (AvgIpc) is 2.27. The Hall–Kier alpha value is -0.290. The summed E-state index contributed by atoms with van der Waals surface area (Å²) in [5, 5.41) is 4.91. The van der Waals surface area contributed by atoms with Crippen LogP contribution >= 0.6 is 8.58 Å². The Morgan fingerprint density at radius 1 is 1.58 bits per heavy atom. The second-order valence-electron chi connectivity index (χ2n) is 3.21. The highest BCUT2D eigenvalue weighted by molar-refractivity contribution is 7.42. The van der Waals surface area contributed by atoms with Gasteiger partial charge in [-0.15, -0.1) is 0 Å². The lowest BCUT2D eigenvalue weighted by atomic mass is 10.0. The maximum absolute atomic E-state index is 3.35. The van der Waals surface area contributed by atoms with E-state index in [0.717, 1.165) is 15.1 Å². The van der Waals surface area contributed by atoms with Gasteiger partial charge >= 0.3 is 0 Å². The van der Waals surface area contributed by atoms with E-state index in [2.05, 4.69) is 32.0 Å². The smallest absolute Gasteiger partial charge is 0.0354 e. The first-order valence-corrected chi connectivity index (χ1v) is 6.05. The highest BCUT2D eigenvalue weighted by atomic mass is 31.1. The van der Waals surface area contributed by atoms with Gasteiger partial charge in [-0.2, -0.15) is 0 Å². The molecule has 2 heteroatoms. The molecule has 1 aliphatic rings. The van der Waals surface area contributed by atoms with Crippen molar-refractivity contribution in [1.82, 2.24) is 5.32 Å². The van der Waals surface area contributed by atoms with Gasteiger partial charge in [0.2, 0.25) is 0 Å². The van der Waals surface area contributed by atoms with E-state index in [4.69, 9.17) is 0 Å². The molecule has 0 aromatic heterocycles. The molecule has 1 nitrogen and oxygen atoms in total. The van der Waals surface area contributed by atoms with Crippen LogP contribution in [0.4, 0.5) is 0 Å². The molecule has 1 aliphatic heterocycles. The van der Waals surface area contributed by atoms with Gasteiger partial charge in [-0.1, -0.05) is 26.7 Å². The van der Waals surface area contributed by atoms with Crippen molar-refractivity contribution in [2.45, 2.75) is 26.7 Å². The van der Waals surface area contributed by atoms with Gasteiger partial charge in [0.25, 0.3) is 0 Å². The van der Waals surface area contributed by atoms with Crippen molar-refractivity contribution >= 4 is 8.58 Å². The third-order valence-electron chi connectivity index (χ3n) is 2.40. The third-order valence-corrected chi connectivity index (χ3v) is 3.36. The first-order valence-electron chi connectivity index (χ1n) is 4.55. The average molecular weight is 183 g/mol. The molecule has 0 amide bonds. The Morgan fingerprint density at radius 2 is 2.33 bits per heavy atom. The lowest BCUT2D eigenvalue weighted by Gasteiger charge is -2.07. The maximum Gasteiger partial charge on any atom is 0.0354 e. The summed E-state index contributed by atoms with van der Waals surface area (Å²) in [6.07, 6.45) is 4.60. The van der Waals surface area contributed by atoms with E-state index in [1.54, 1.807) is 10.9 Å². The van der Waals surface area contributed by atoms with Gasteiger partial charge in [0, 0.05) is 12.7 Å². The zero-order valence-electron chi connectivity index (χ0n) is 8.20. The van der Waals surface area contributed by atoms with Crippen LogP contribution < -0.4 is 5.32 Å². The molecule has 0 aromatic rings. The fourth-order valence-electron chi connectivity index (χ4n) is 1.47. The highest BCUT2D eigenvalue weighted by Gasteiger charge is 2.06. The molecule has 0 fully saturated rings. The summed E-state index contributed by atoms with van der Waals surface area (Å²) in [6.45, 7) is 7.78. The number of allylic oxidation sites excluding steroid dienone is 2. The third kappa shape index (κ3) is 2.35. The molecule has 0 aliphatic carbocycles. The Morgan fingerprint density at radius 3 is 2.92 bits per heavy atom. The summed E-state index contributed by atoms with van der Waals surface area (Å²) in [5.74, 6) is 0. The van der Waals surface area contributed by atoms with Gasteiger partial charge < -0.3 is 5.32 Å². The molecule has 0 aromatic carbocycles. The summed E-state index contributed by atoms with van der Waals surface area (Å²) in [6, 6.07) is 0. The van der Waals surface area contributed by atoms with Crippen molar-refractivity contribution < 1.29 is 0 Å². The number of hydrogen-bond donors (Lipinski definition) is 1. The van der Waals surface area contributed by atoms with E-state index in [1.165, 1.54) is 18.4 Å². The molecule has 1 N–H and O–H groups in total. The zero-order chi connectivity index (χ0) is 8.97. The lowest BCUT2D eigenvalue weighted by Crippen LogP contribution is -2.07. The topological polar surface area (TPSA) is 12.0 Å². The Kier molecular flexibility index (Phi) is 3.81. The first kappa shape index (κ1) is 9.80. The molecule has 1 atom stereocenters. The minimum Gasteiger partial charge on any atom is -0.387 e. The quantitative estimate of drug-likeness (QED) is 0.512. The van der Waals surface area contributed by atoms with Crippen LogP contribution in [0.25, 0.3) is 0 Å². The Balaban J connectivity index is 2.74. The van der Waals surface area contributed by atoms with E-state index >= 15 is 0 Å². The SMILES string of the molecule is CCC1=C(C)CNC=C(PC)C1. The fourth-order valence-corrected chi connectivity index (χ4v) is 2.11. The van der Waals surface area contributed by atoms with Crippen LogP contribution in [0.5, 0.6) is 0 Å². The predicted molar refractivity (Wildman–Crippen MR) is 57.9 cm³/mol. The molecular weight excluding hydrogens is 165 g/mol. The molecule has 1 rings (SSSR count). The van der Waals surface area contributed by atoms with Gasteiger partial charge in [0.15, 0.2) is 0 Å². The fraction of sp³-hybridized carbons (Fsp3) is 0.600. The van der Waals surface area contributed by atoms with E-state index in [1.807, 2.05) is 0 Å². The summed E-state index contributed by atoms with van der Waals surface area (Å²) in [7, 11) is 0.946. The molecule has 0 bridgehead atoms. The molecular formula is C10H18NP. The summed E-state index contributed by atoms with van der Waals surface area (Å²) >= 11 is 0. The van der Waals surface area contributed by atoms with Crippen LogP contribution in [-0.2, 0) is 0 Å². The molecule has 0 spiro atoms. The molecule has 68 valence electrons. The lowest BCUT2D eigenvalue weighted by molar-refractivity contribution is 0.914. The first-order chi connectivity index (χ1) is 5.77. The van der Waals surface area contributed by atoms with Gasteiger partial charge in [-0.25, -0.2) is 0 Å². The van der Waals surface area contributed by atoms with Gasteiger partial charge in [-0.3, -0.25) is 0 Å². The molecule has 12 heavy (non-hydrogen) atoms. The van der Waals surface area contributed by atoms with Gasteiger partial charge in [0.1, 0.15) is 0 Å². The van der Waals surface area contributed by atoms with E-state index in [9.17, 15) is 0 Å². The van der Waals surface area contributed by atoms with E-state index in [0.29, 0.717) is 0 Å². The van der Waals surface area contributed by atoms with Crippen LogP contribution in [0.2, 0.25) is 0 Å². The number of nitrogens with one attached hydrogen (secondary N) is 1. The second-order valence-corrected chi connectivity index (χ2v) is 4.36. The van der Waals surface area contributed by atoms with Crippen molar-refractivity contribution in [1.29, 1.82) is 0 Å². The number of hydrogen-bond acceptors (Lipinski definition) is 1. The zero-order valence-corrected chi connectivity index (χ0v) is 9.20. The molecule has 0 saturated heterocycles. The Bertz CT molecular complexity index is 216.